The first-order valence-corrected chi connectivity index (χ1v) is 15.3. The topological polar surface area (TPSA) is 77.7 Å². The molecule has 0 saturated carbocycles. The first-order valence-electron chi connectivity index (χ1n) is 15.3. The van der Waals surface area contributed by atoms with Gasteiger partial charge >= 0.3 is 11.9 Å². The first kappa shape index (κ1) is 31.1. The van der Waals surface area contributed by atoms with Crippen LogP contribution in [0, 0.1) is 0 Å². The maximum absolute atomic E-state index is 11.8. The number of carbonyl (C=O) groups is 2. The summed E-state index contributed by atoms with van der Waals surface area (Å²) in [6, 6.07) is 0. The van der Waals surface area contributed by atoms with Gasteiger partial charge in [0, 0.05) is 12.8 Å². The molecule has 0 bridgehead atoms. The van der Waals surface area contributed by atoms with E-state index in [4.69, 9.17) is 18.9 Å². The summed E-state index contributed by atoms with van der Waals surface area (Å²) >= 11 is 0. The lowest BCUT2D eigenvalue weighted by Gasteiger charge is -2.07. The Labute approximate surface area is 220 Å². The van der Waals surface area contributed by atoms with Crippen LogP contribution in [0.5, 0.6) is 0 Å². The number of ether oxygens (including phenoxy) is 4. The van der Waals surface area contributed by atoms with Crippen molar-refractivity contribution in [1.82, 2.24) is 0 Å². The maximum atomic E-state index is 11.8. The van der Waals surface area contributed by atoms with Crippen LogP contribution in [-0.2, 0) is 28.5 Å². The maximum Gasteiger partial charge on any atom is 0.305 e. The van der Waals surface area contributed by atoms with Gasteiger partial charge in [-0.15, -0.1) is 0 Å². The zero-order chi connectivity index (χ0) is 25.8. The van der Waals surface area contributed by atoms with Gasteiger partial charge < -0.3 is 18.9 Å². The van der Waals surface area contributed by atoms with E-state index in [0.29, 0.717) is 37.3 Å². The van der Waals surface area contributed by atoms with Crippen LogP contribution < -0.4 is 0 Å². The molecule has 36 heavy (non-hydrogen) atoms. The van der Waals surface area contributed by atoms with Crippen molar-refractivity contribution in [3.63, 3.8) is 0 Å². The van der Waals surface area contributed by atoms with Crippen molar-refractivity contribution in [1.29, 1.82) is 0 Å². The SMILES string of the molecule is CCCCC1OC1CCCCCCCC(=O)OCCOC(=O)CCCCCCCC1OC1CCCC. The molecule has 0 radical (unpaired) electrons. The van der Waals surface area contributed by atoms with Gasteiger partial charge in [0.2, 0.25) is 0 Å². The van der Waals surface area contributed by atoms with E-state index in [2.05, 4.69) is 13.8 Å². The molecule has 2 aliphatic rings. The molecule has 6 heteroatoms. The Hall–Kier alpha value is -1.14. The van der Waals surface area contributed by atoms with Crippen LogP contribution in [0.4, 0.5) is 0 Å². The molecule has 4 atom stereocenters. The summed E-state index contributed by atoms with van der Waals surface area (Å²) in [5.41, 5.74) is 0. The zero-order valence-electron chi connectivity index (χ0n) is 23.3. The average Bonchev–Trinajstić information content (AvgIpc) is 3.79. The predicted octanol–water partition coefficient (Wildman–Crippen LogP) is 7.45. The standard InChI is InChI=1S/C30H54O6/c1-3-5-17-25-27(35-25)19-13-9-7-11-15-21-29(31)33-23-24-34-30(32)22-16-12-8-10-14-20-28-26(36-28)18-6-4-2/h25-28H,3-24H2,1-2H3. The summed E-state index contributed by atoms with van der Waals surface area (Å²) in [6.07, 6.45) is 23.9. The Morgan fingerprint density at radius 2 is 0.833 bits per heavy atom. The summed E-state index contributed by atoms with van der Waals surface area (Å²) in [4.78, 5) is 23.6. The van der Waals surface area contributed by atoms with Gasteiger partial charge in [0.05, 0.1) is 24.4 Å². The summed E-state index contributed by atoms with van der Waals surface area (Å²) in [6.45, 7) is 4.77. The second kappa shape index (κ2) is 19.9. The molecule has 0 N–H and O–H groups in total. The second-order valence-electron chi connectivity index (χ2n) is 10.8. The molecule has 210 valence electrons. The second-order valence-corrected chi connectivity index (χ2v) is 10.8. The number of epoxide rings is 2. The normalized spacial score (nSPS) is 22.4. The van der Waals surface area contributed by atoms with E-state index in [0.717, 1.165) is 38.5 Å². The van der Waals surface area contributed by atoms with Crippen LogP contribution >= 0.6 is 0 Å². The van der Waals surface area contributed by atoms with Gasteiger partial charge in [-0.3, -0.25) is 9.59 Å². The molecule has 2 saturated heterocycles. The van der Waals surface area contributed by atoms with Crippen molar-refractivity contribution in [2.24, 2.45) is 0 Å². The fourth-order valence-electron chi connectivity index (χ4n) is 4.93. The van der Waals surface area contributed by atoms with E-state index in [-0.39, 0.29) is 25.2 Å². The van der Waals surface area contributed by atoms with Crippen molar-refractivity contribution in [2.45, 2.75) is 167 Å². The van der Waals surface area contributed by atoms with E-state index in [1.54, 1.807) is 0 Å². The lowest BCUT2D eigenvalue weighted by atomic mass is 10.1. The van der Waals surface area contributed by atoms with Gasteiger partial charge in [0.1, 0.15) is 13.2 Å². The lowest BCUT2D eigenvalue weighted by molar-refractivity contribution is -0.152. The van der Waals surface area contributed by atoms with Crippen molar-refractivity contribution in [3.05, 3.63) is 0 Å². The molecule has 0 aromatic rings. The smallest absolute Gasteiger partial charge is 0.305 e. The summed E-state index contributed by atoms with van der Waals surface area (Å²) in [5, 5.41) is 0. The summed E-state index contributed by atoms with van der Waals surface area (Å²) in [5.74, 6) is -0.381. The van der Waals surface area contributed by atoms with Crippen LogP contribution in [0.25, 0.3) is 0 Å². The molecule has 4 unspecified atom stereocenters. The third-order valence-electron chi connectivity index (χ3n) is 7.41. The molecule has 2 fully saturated rings. The molecule has 2 rings (SSSR count). The number of carbonyl (C=O) groups excluding carboxylic acids is 2. The molecular weight excluding hydrogens is 456 g/mol. The molecule has 0 aromatic carbocycles. The van der Waals surface area contributed by atoms with Crippen LogP contribution in [0.15, 0.2) is 0 Å². The first-order chi connectivity index (χ1) is 17.6. The number of rotatable bonds is 25. The zero-order valence-corrected chi connectivity index (χ0v) is 23.3. The third-order valence-corrected chi connectivity index (χ3v) is 7.41. The van der Waals surface area contributed by atoms with Crippen LogP contribution in [0.3, 0.4) is 0 Å². The van der Waals surface area contributed by atoms with Gasteiger partial charge in [0.15, 0.2) is 0 Å². The van der Waals surface area contributed by atoms with Gasteiger partial charge in [-0.2, -0.15) is 0 Å². The van der Waals surface area contributed by atoms with Crippen LogP contribution in [-0.4, -0.2) is 49.6 Å². The van der Waals surface area contributed by atoms with Crippen molar-refractivity contribution >= 4 is 11.9 Å². The third kappa shape index (κ3) is 15.9. The summed E-state index contributed by atoms with van der Waals surface area (Å²) in [7, 11) is 0. The quantitative estimate of drug-likeness (QED) is 0.0721. The molecule has 2 aliphatic heterocycles. The number of unbranched alkanes of at least 4 members (excludes halogenated alkanes) is 10. The molecule has 0 aliphatic carbocycles. The highest BCUT2D eigenvalue weighted by atomic mass is 16.6. The minimum Gasteiger partial charge on any atom is -0.462 e. The lowest BCUT2D eigenvalue weighted by Crippen LogP contribution is -2.13. The Bertz CT molecular complexity index is 530. The van der Waals surface area contributed by atoms with Gasteiger partial charge in [-0.1, -0.05) is 90.9 Å². The molecule has 0 aromatic heterocycles. The van der Waals surface area contributed by atoms with Crippen LogP contribution in [0.1, 0.15) is 142 Å². The molecule has 0 amide bonds. The van der Waals surface area contributed by atoms with E-state index in [1.807, 2.05) is 0 Å². The number of hydrogen-bond donors (Lipinski definition) is 0. The summed E-state index contributed by atoms with van der Waals surface area (Å²) < 4.78 is 21.8. The van der Waals surface area contributed by atoms with Crippen molar-refractivity contribution in [3.8, 4) is 0 Å². The van der Waals surface area contributed by atoms with E-state index < -0.39 is 0 Å². The van der Waals surface area contributed by atoms with Crippen molar-refractivity contribution in [2.75, 3.05) is 13.2 Å². The predicted molar refractivity (Wildman–Crippen MR) is 143 cm³/mol. The van der Waals surface area contributed by atoms with E-state index >= 15 is 0 Å². The molecule has 2 heterocycles. The Kier molecular flexibility index (Phi) is 17.2. The number of hydrogen-bond acceptors (Lipinski definition) is 6. The van der Waals surface area contributed by atoms with E-state index in [9.17, 15) is 9.59 Å². The van der Waals surface area contributed by atoms with Gasteiger partial charge in [0.25, 0.3) is 0 Å². The fourth-order valence-corrected chi connectivity index (χ4v) is 4.93. The monoisotopic (exact) mass is 510 g/mol. The minimum absolute atomic E-state index is 0.160. The Morgan fingerprint density at radius 1 is 0.500 bits per heavy atom. The van der Waals surface area contributed by atoms with Crippen molar-refractivity contribution < 1.29 is 28.5 Å². The highest BCUT2D eigenvalue weighted by molar-refractivity contribution is 5.70. The Balaban J connectivity index is 1.26. The highest BCUT2D eigenvalue weighted by Gasteiger charge is 2.37. The van der Waals surface area contributed by atoms with Crippen LogP contribution in [0.2, 0.25) is 0 Å². The minimum atomic E-state index is -0.190. The fraction of sp³-hybridized carbons (Fsp3) is 0.933. The van der Waals surface area contributed by atoms with E-state index in [1.165, 1.54) is 77.0 Å². The largest absolute Gasteiger partial charge is 0.462 e. The molecule has 0 spiro atoms. The number of esters is 2. The van der Waals surface area contributed by atoms with Gasteiger partial charge in [-0.25, -0.2) is 0 Å². The molecule has 6 nitrogen and oxygen atoms in total. The molecular formula is C30H54O6. The Morgan fingerprint density at radius 3 is 1.22 bits per heavy atom. The highest BCUT2D eigenvalue weighted by Crippen LogP contribution is 2.32. The average molecular weight is 511 g/mol. The van der Waals surface area contributed by atoms with Gasteiger partial charge in [-0.05, 0) is 38.5 Å².